The average molecular weight is 295 g/mol. The lowest BCUT2D eigenvalue weighted by Crippen LogP contribution is -2.05. The van der Waals surface area contributed by atoms with Gasteiger partial charge in [0.1, 0.15) is 22.2 Å². The van der Waals surface area contributed by atoms with Gasteiger partial charge in [0.25, 0.3) is 0 Å². The van der Waals surface area contributed by atoms with Crippen LogP contribution in [0, 0.1) is 0 Å². The van der Waals surface area contributed by atoms with Crippen molar-refractivity contribution in [3.8, 4) is 0 Å². The van der Waals surface area contributed by atoms with E-state index in [1.165, 1.54) is 25.0 Å². The van der Waals surface area contributed by atoms with Crippen molar-refractivity contribution in [2.75, 3.05) is 11.1 Å². The third-order valence-electron chi connectivity index (χ3n) is 2.17. The van der Waals surface area contributed by atoms with Gasteiger partial charge in [0, 0.05) is 17.5 Å². The molecule has 0 aliphatic heterocycles. The van der Waals surface area contributed by atoms with E-state index >= 15 is 0 Å². The number of anilines is 2. The maximum absolute atomic E-state index is 10.9. The van der Waals surface area contributed by atoms with Crippen molar-refractivity contribution >= 4 is 40.8 Å². The molecule has 1 amide bonds. The van der Waals surface area contributed by atoms with Gasteiger partial charge in [-0.1, -0.05) is 23.4 Å². The standard InChI is InChI=1S/C12H11ClN4OS/c1-7(18)17-8-2-4-9(5-3-8)19-12-10(13)11(14)15-6-16-12/h2-6H,1H3,(H,17,18)(H2,14,15,16). The molecular formula is C12H11ClN4OS. The summed E-state index contributed by atoms with van der Waals surface area (Å²) in [5.41, 5.74) is 6.35. The maximum Gasteiger partial charge on any atom is 0.221 e. The molecule has 5 nitrogen and oxygen atoms in total. The van der Waals surface area contributed by atoms with Crippen LogP contribution < -0.4 is 11.1 Å². The van der Waals surface area contributed by atoms with Crippen LogP contribution in [0.2, 0.25) is 5.02 Å². The summed E-state index contributed by atoms with van der Waals surface area (Å²) in [5.74, 6) is 0.154. The van der Waals surface area contributed by atoms with Crippen molar-refractivity contribution in [3.63, 3.8) is 0 Å². The Morgan fingerprint density at radius 1 is 1.32 bits per heavy atom. The van der Waals surface area contributed by atoms with Crippen LogP contribution in [0.1, 0.15) is 6.92 Å². The van der Waals surface area contributed by atoms with Crippen LogP contribution in [0.15, 0.2) is 40.5 Å². The fourth-order valence-electron chi connectivity index (χ4n) is 1.36. The number of aromatic nitrogens is 2. The zero-order valence-corrected chi connectivity index (χ0v) is 11.6. The van der Waals surface area contributed by atoms with Crippen LogP contribution in [0.4, 0.5) is 11.5 Å². The molecule has 0 radical (unpaired) electrons. The Kier molecular flexibility index (Phi) is 4.24. The number of carbonyl (C=O) groups is 1. The van der Waals surface area contributed by atoms with Gasteiger partial charge in [-0.25, -0.2) is 9.97 Å². The molecule has 1 heterocycles. The van der Waals surface area contributed by atoms with Gasteiger partial charge in [-0.3, -0.25) is 4.79 Å². The van der Waals surface area contributed by atoms with Crippen molar-refractivity contribution in [1.29, 1.82) is 0 Å². The van der Waals surface area contributed by atoms with Gasteiger partial charge in [0.2, 0.25) is 5.91 Å². The van der Waals surface area contributed by atoms with E-state index in [4.69, 9.17) is 17.3 Å². The number of amides is 1. The Morgan fingerprint density at radius 3 is 2.63 bits per heavy atom. The van der Waals surface area contributed by atoms with Crippen molar-refractivity contribution in [2.45, 2.75) is 16.8 Å². The number of rotatable bonds is 3. The summed E-state index contributed by atoms with van der Waals surface area (Å²) in [6, 6.07) is 7.35. The number of carbonyl (C=O) groups excluding carboxylic acids is 1. The Labute approximate surface area is 119 Å². The van der Waals surface area contributed by atoms with E-state index in [1.807, 2.05) is 24.3 Å². The minimum absolute atomic E-state index is 0.105. The number of hydrogen-bond acceptors (Lipinski definition) is 5. The van der Waals surface area contributed by atoms with Gasteiger partial charge in [-0.05, 0) is 24.3 Å². The number of hydrogen-bond donors (Lipinski definition) is 2. The van der Waals surface area contributed by atoms with E-state index in [9.17, 15) is 4.79 Å². The molecule has 0 atom stereocenters. The molecule has 1 aromatic carbocycles. The zero-order chi connectivity index (χ0) is 13.8. The highest BCUT2D eigenvalue weighted by Crippen LogP contribution is 2.33. The molecule has 0 unspecified atom stereocenters. The molecule has 3 N–H and O–H groups in total. The van der Waals surface area contributed by atoms with E-state index in [2.05, 4.69) is 15.3 Å². The molecule has 19 heavy (non-hydrogen) atoms. The van der Waals surface area contributed by atoms with Crippen molar-refractivity contribution in [1.82, 2.24) is 9.97 Å². The number of nitrogens with zero attached hydrogens (tertiary/aromatic N) is 2. The molecule has 7 heteroatoms. The molecule has 98 valence electrons. The highest BCUT2D eigenvalue weighted by Gasteiger charge is 2.08. The zero-order valence-electron chi connectivity index (χ0n) is 10.1. The smallest absolute Gasteiger partial charge is 0.221 e. The fourth-order valence-corrected chi connectivity index (χ4v) is 2.36. The molecule has 0 saturated heterocycles. The van der Waals surface area contributed by atoms with E-state index in [0.717, 1.165) is 10.6 Å². The summed E-state index contributed by atoms with van der Waals surface area (Å²) in [6.07, 6.45) is 1.37. The molecule has 0 spiro atoms. The first kappa shape index (κ1) is 13.6. The molecule has 0 fully saturated rings. The molecular weight excluding hydrogens is 284 g/mol. The molecule has 2 rings (SSSR count). The largest absolute Gasteiger partial charge is 0.382 e. The highest BCUT2D eigenvalue weighted by atomic mass is 35.5. The Bertz CT molecular complexity index is 603. The second-order valence-corrected chi connectivity index (χ2v) is 5.13. The minimum atomic E-state index is -0.105. The average Bonchev–Trinajstić information content (AvgIpc) is 2.37. The van der Waals surface area contributed by atoms with Crippen molar-refractivity contribution in [2.24, 2.45) is 0 Å². The van der Waals surface area contributed by atoms with Gasteiger partial charge >= 0.3 is 0 Å². The van der Waals surface area contributed by atoms with Crippen LogP contribution >= 0.6 is 23.4 Å². The monoisotopic (exact) mass is 294 g/mol. The lowest BCUT2D eigenvalue weighted by atomic mass is 10.3. The summed E-state index contributed by atoms with van der Waals surface area (Å²) >= 11 is 7.40. The van der Waals surface area contributed by atoms with E-state index in [1.54, 1.807) is 0 Å². The second kappa shape index (κ2) is 5.90. The topological polar surface area (TPSA) is 80.9 Å². The van der Waals surface area contributed by atoms with Gasteiger partial charge in [-0.2, -0.15) is 0 Å². The lowest BCUT2D eigenvalue weighted by Gasteiger charge is -2.06. The SMILES string of the molecule is CC(=O)Nc1ccc(Sc2ncnc(N)c2Cl)cc1. The van der Waals surface area contributed by atoms with Crippen molar-refractivity contribution < 1.29 is 4.79 Å². The normalized spacial score (nSPS) is 10.2. The van der Waals surface area contributed by atoms with Gasteiger partial charge in [0.15, 0.2) is 0 Å². The Hall–Kier alpha value is -1.79. The molecule has 0 aliphatic rings. The third kappa shape index (κ3) is 3.59. The van der Waals surface area contributed by atoms with Gasteiger partial charge < -0.3 is 11.1 Å². The number of benzene rings is 1. The lowest BCUT2D eigenvalue weighted by molar-refractivity contribution is -0.114. The summed E-state index contributed by atoms with van der Waals surface area (Å²) < 4.78 is 0. The van der Waals surface area contributed by atoms with Crippen LogP contribution in [-0.2, 0) is 4.79 Å². The highest BCUT2D eigenvalue weighted by molar-refractivity contribution is 7.99. The van der Waals surface area contributed by atoms with E-state index in [0.29, 0.717) is 10.0 Å². The maximum atomic E-state index is 10.9. The predicted octanol–water partition coefficient (Wildman–Crippen LogP) is 2.82. The van der Waals surface area contributed by atoms with E-state index < -0.39 is 0 Å². The van der Waals surface area contributed by atoms with Crippen LogP contribution in [0.5, 0.6) is 0 Å². The summed E-state index contributed by atoms with van der Waals surface area (Å²) in [7, 11) is 0. The molecule has 1 aromatic heterocycles. The minimum Gasteiger partial charge on any atom is -0.382 e. The number of nitrogens with one attached hydrogen (secondary N) is 1. The first-order valence-corrected chi connectivity index (χ1v) is 6.57. The number of nitrogens with two attached hydrogens (primary N) is 1. The third-order valence-corrected chi connectivity index (χ3v) is 3.67. The predicted molar refractivity (Wildman–Crippen MR) is 76.3 cm³/mol. The second-order valence-electron chi connectivity index (χ2n) is 3.69. The fraction of sp³-hybridized carbons (Fsp3) is 0.0833. The Morgan fingerprint density at radius 2 is 2.00 bits per heavy atom. The first-order valence-electron chi connectivity index (χ1n) is 5.38. The summed E-state index contributed by atoms with van der Waals surface area (Å²) in [4.78, 5) is 19.7. The summed E-state index contributed by atoms with van der Waals surface area (Å²) in [5, 5.41) is 3.64. The first-order chi connectivity index (χ1) is 9.06. The quantitative estimate of drug-likeness (QED) is 0.851. The summed E-state index contributed by atoms with van der Waals surface area (Å²) in [6.45, 7) is 1.46. The molecule has 0 aliphatic carbocycles. The van der Waals surface area contributed by atoms with Crippen LogP contribution in [0.25, 0.3) is 0 Å². The number of halogens is 1. The molecule has 0 saturated carbocycles. The van der Waals surface area contributed by atoms with Gasteiger partial charge in [0.05, 0.1) is 0 Å². The Balaban J connectivity index is 2.15. The molecule has 2 aromatic rings. The van der Waals surface area contributed by atoms with Crippen LogP contribution in [0.3, 0.4) is 0 Å². The number of nitrogen functional groups attached to an aromatic ring is 1. The van der Waals surface area contributed by atoms with Crippen molar-refractivity contribution in [3.05, 3.63) is 35.6 Å². The molecule has 0 bridgehead atoms. The van der Waals surface area contributed by atoms with E-state index in [-0.39, 0.29) is 11.7 Å². The van der Waals surface area contributed by atoms with Crippen LogP contribution in [-0.4, -0.2) is 15.9 Å². The van der Waals surface area contributed by atoms with Gasteiger partial charge in [-0.15, -0.1) is 0 Å².